The van der Waals surface area contributed by atoms with Gasteiger partial charge in [-0.05, 0) is 24.3 Å². The molecule has 2 aromatic carbocycles. The molecule has 4 nitrogen and oxygen atoms in total. The van der Waals surface area contributed by atoms with E-state index in [0.29, 0.717) is 5.01 Å². The summed E-state index contributed by atoms with van der Waals surface area (Å²) in [4.78, 5) is 18.0. The average molecular weight is 424 g/mol. The number of thiazole rings is 1. The zero-order chi connectivity index (χ0) is 21.0. The second-order valence-electron chi connectivity index (χ2n) is 6.12. The molecular formula is C20H16F4N2O2S. The Kier molecular flexibility index (Phi) is 6.17. The van der Waals surface area contributed by atoms with Gasteiger partial charge >= 0.3 is 6.18 Å². The Balaban J connectivity index is 1.64. The van der Waals surface area contributed by atoms with Crippen molar-refractivity contribution in [1.82, 2.24) is 9.88 Å². The predicted octanol–water partition coefficient (Wildman–Crippen LogP) is 5.12. The number of hydrogen-bond donors (Lipinski definition) is 0. The van der Waals surface area contributed by atoms with Crippen LogP contribution < -0.4 is 4.74 Å². The minimum atomic E-state index is -4.45. The lowest BCUT2D eigenvalue weighted by molar-refractivity contribution is -0.137. The topological polar surface area (TPSA) is 42.4 Å². The first kappa shape index (κ1) is 20.8. The first-order valence-corrected chi connectivity index (χ1v) is 9.39. The number of hydrogen-bond acceptors (Lipinski definition) is 4. The molecule has 0 atom stereocenters. The van der Waals surface area contributed by atoms with E-state index in [4.69, 9.17) is 4.74 Å². The Morgan fingerprint density at radius 3 is 2.66 bits per heavy atom. The fraction of sp³-hybridized carbons (Fsp3) is 0.200. The highest BCUT2D eigenvalue weighted by atomic mass is 32.1. The number of carbonyl (C=O) groups is 1. The Morgan fingerprint density at radius 2 is 1.93 bits per heavy atom. The number of halogens is 4. The number of alkyl halides is 3. The maximum Gasteiger partial charge on any atom is 0.416 e. The molecule has 0 N–H and O–H groups in total. The van der Waals surface area contributed by atoms with Gasteiger partial charge in [-0.1, -0.05) is 24.3 Å². The van der Waals surface area contributed by atoms with E-state index in [0.717, 1.165) is 23.5 Å². The molecule has 0 aliphatic rings. The van der Waals surface area contributed by atoms with Crippen molar-refractivity contribution in [2.45, 2.75) is 6.18 Å². The van der Waals surface area contributed by atoms with Crippen LogP contribution in [-0.4, -0.2) is 36.0 Å². The minimum Gasteiger partial charge on any atom is -0.489 e. The van der Waals surface area contributed by atoms with E-state index in [2.05, 4.69) is 4.98 Å². The summed E-state index contributed by atoms with van der Waals surface area (Å²) >= 11 is 1.08. The van der Waals surface area contributed by atoms with E-state index in [1.165, 1.54) is 41.6 Å². The van der Waals surface area contributed by atoms with Gasteiger partial charge in [0, 0.05) is 18.0 Å². The van der Waals surface area contributed by atoms with E-state index in [-0.39, 0.29) is 30.2 Å². The Morgan fingerprint density at radius 1 is 1.17 bits per heavy atom. The number of amides is 1. The zero-order valence-electron chi connectivity index (χ0n) is 15.2. The number of para-hydroxylation sites is 1. The molecule has 3 aromatic rings. The molecule has 0 aliphatic heterocycles. The van der Waals surface area contributed by atoms with Crippen LogP contribution in [0.5, 0.6) is 5.75 Å². The van der Waals surface area contributed by atoms with Crippen LogP contribution in [0, 0.1) is 5.82 Å². The maximum atomic E-state index is 13.5. The summed E-state index contributed by atoms with van der Waals surface area (Å²) in [5, 5.41) is 1.81. The third-order valence-corrected chi connectivity index (χ3v) is 4.92. The molecule has 3 rings (SSSR count). The summed E-state index contributed by atoms with van der Waals surface area (Å²) < 4.78 is 57.5. The molecule has 9 heteroatoms. The molecule has 1 heterocycles. The highest BCUT2D eigenvalue weighted by Crippen LogP contribution is 2.33. The van der Waals surface area contributed by atoms with Crippen LogP contribution in [-0.2, 0) is 6.18 Å². The molecule has 0 spiro atoms. The third-order valence-electron chi connectivity index (χ3n) is 4.03. The van der Waals surface area contributed by atoms with Crippen molar-refractivity contribution in [1.29, 1.82) is 0 Å². The van der Waals surface area contributed by atoms with Crippen LogP contribution >= 0.6 is 11.3 Å². The number of benzene rings is 2. The molecule has 0 bridgehead atoms. The molecule has 0 unspecified atom stereocenters. The average Bonchev–Trinajstić information content (AvgIpc) is 3.18. The molecule has 0 fully saturated rings. The maximum absolute atomic E-state index is 13.5. The third kappa shape index (κ3) is 5.11. The summed E-state index contributed by atoms with van der Waals surface area (Å²) in [6.07, 6.45) is -4.45. The Labute approximate surface area is 168 Å². The molecule has 29 heavy (non-hydrogen) atoms. The fourth-order valence-electron chi connectivity index (χ4n) is 2.48. The summed E-state index contributed by atoms with van der Waals surface area (Å²) in [5.41, 5.74) is -0.370. The lowest BCUT2D eigenvalue weighted by atomic mass is 10.1. The van der Waals surface area contributed by atoms with Gasteiger partial charge in [0.1, 0.15) is 17.3 Å². The van der Waals surface area contributed by atoms with Gasteiger partial charge in [-0.15, -0.1) is 11.3 Å². The normalized spacial score (nSPS) is 11.3. The second-order valence-corrected chi connectivity index (χ2v) is 6.98. The fourth-order valence-corrected chi connectivity index (χ4v) is 3.28. The van der Waals surface area contributed by atoms with Crippen molar-refractivity contribution < 1.29 is 27.1 Å². The number of rotatable bonds is 6. The summed E-state index contributed by atoms with van der Waals surface area (Å²) in [6.45, 7) is 0.261. The van der Waals surface area contributed by atoms with E-state index in [9.17, 15) is 22.4 Å². The highest BCUT2D eigenvalue weighted by Gasteiger charge is 2.30. The van der Waals surface area contributed by atoms with E-state index in [1.807, 2.05) is 0 Å². The lowest BCUT2D eigenvalue weighted by Gasteiger charge is -2.16. The van der Waals surface area contributed by atoms with Crippen LogP contribution in [0.1, 0.15) is 16.1 Å². The van der Waals surface area contributed by atoms with Gasteiger partial charge in [0.05, 0.1) is 12.1 Å². The minimum absolute atomic E-state index is 0.0772. The van der Waals surface area contributed by atoms with Gasteiger partial charge in [0.2, 0.25) is 0 Å². The van der Waals surface area contributed by atoms with Crippen molar-refractivity contribution in [2.75, 3.05) is 20.2 Å². The molecular weight excluding hydrogens is 408 g/mol. The Bertz CT molecular complexity index is 1000. The summed E-state index contributed by atoms with van der Waals surface area (Å²) in [6, 6.07) is 10.7. The van der Waals surface area contributed by atoms with Gasteiger partial charge < -0.3 is 9.64 Å². The summed E-state index contributed by atoms with van der Waals surface area (Å²) in [5.74, 6) is -0.808. The van der Waals surface area contributed by atoms with E-state index >= 15 is 0 Å². The van der Waals surface area contributed by atoms with E-state index in [1.54, 1.807) is 12.1 Å². The van der Waals surface area contributed by atoms with Crippen LogP contribution in [0.15, 0.2) is 53.9 Å². The van der Waals surface area contributed by atoms with Gasteiger partial charge in [-0.2, -0.15) is 13.2 Å². The standard InChI is InChI=1S/C20H16F4N2O2S/c1-26(9-10-28-17-8-3-2-7-15(17)21)19(27)16-12-29-18(25-16)13-5-4-6-14(11-13)20(22,23)24/h2-8,11-12H,9-10H2,1H3. The number of ether oxygens (including phenoxy) is 1. The van der Waals surface area contributed by atoms with Crippen molar-refractivity contribution >= 4 is 17.2 Å². The van der Waals surface area contributed by atoms with Gasteiger partial charge in [0.15, 0.2) is 11.6 Å². The van der Waals surface area contributed by atoms with Gasteiger partial charge in [-0.25, -0.2) is 9.37 Å². The first-order chi connectivity index (χ1) is 13.8. The number of nitrogens with zero attached hydrogens (tertiary/aromatic N) is 2. The van der Waals surface area contributed by atoms with Crippen LogP contribution in [0.2, 0.25) is 0 Å². The van der Waals surface area contributed by atoms with Gasteiger partial charge in [-0.3, -0.25) is 4.79 Å². The van der Waals surface area contributed by atoms with Crippen LogP contribution in [0.4, 0.5) is 17.6 Å². The smallest absolute Gasteiger partial charge is 0.416 e. The predicted molar refractivity (Wildman–Crippen MR) is 101 cm³/mol. The molecule has 0 aliphatic carbocycles. The lowest BCUT2D eigenvalue weighted by Crippen LogP contribution is -2.31. The van der Waals surface area contributed by atoms with E-state index < -0.39 is 23.5 Å². The van der Waals surface area contributed by atoms with Gasteiger partial charge in [0.25, 0.3) is 5.91 Å². The van der Waals surface area contributed by atoms with Crippen LogP contribution in [0.3, 0.4) is 0 Å². The highest BCUT2D eigenvalue weighted by molar-refractivity contribution is 7.13. The molecule has 0 radical (unpaired) electrons. The molecule has 152 valence electrons. The summed E-state index contributed by atoms with van der Waals surface area (Å²) in [7, 11) is 1.54. The monoisotopic (exact) mass is 424 g/mol. The second kappa shape index (κ2) is 8.60. The molecule has 0 saturated carbocycles. The SMILES string of the molecule is CN(CCOc1ccccc1F)C(=O)c1csc(-c2cccc(C(F)(F)F)c2)n1. The Hall–Kier alpha value is -2.94. The van der Waals surface area contributed by atoms with Crippen molar-refractivity contribution in [2.24, 2.45) is 0 Å². The molecule has 1 aromatic heterocycles. The number of likely N-dealkylation sites (N-methyl/N-ethyl adjacent to an activating group) is 1. The largest absolute Gasteiger partial charge is 0.489 e. The number of aromatic nitrogens is 1. The first-order valence-electron chi connectivity index (χ1n) is 8.51. The number of carbonyl (C=O) groups excluding carboxylic acids is 1. The quantitative estimate of drug-likeness (QED) is 0.516. The molecule has 0 saturated heterocycles. The van der Waals surface area contributed by atoms with Crippen molar-refractivity contribution in [3.63, 3.8) is 0 Å². The molecule has 1 amide bonds. The zero-order valence-corrected chi connectivity index (χ0v) is 16.1. The van der Waals surface area contributed by atoms with Crippen molar-refractivity contribution in [3.05, 3.63) is 71.0 Å². The van der Waals surface area contributed by atoms with Crippen molar-refractivity contribution in [3.8, 4) is 16.3 Å². The van der Waals surface area contributed by atoms with Crippen LogP contribution in [0.25, 0.3) is 10.6 Å².